The van der Waals surface area contributed by atoms with E-state index in [9.17, 15) is 14.9 Å². The predicted molar refractivity (Wildman–Crippen MR) is 74.5 cm³/mol. The van der Waals surface area contributed by atoms with Crippen LogP contribution in [0.25, 0.3) is 0 Å². The zero-order chi connectivity index (χ0) is 14.7. The van der Waals surface area contributed by atoms with Crippen molar-refractivity contribution in [2.24, 2.45) is 0 Å². The van der Waals surface area contributed by atoms with E-state index in [1.165, 1.54) is 12.1 Å². The molecular formula is C15H13NO4. The first-order chi connectivity index (χ1) is 9.51. The van der Waals surface area contributed by atoms with E-state index in [-0.39, 0.29) is 5.69 Å². The third kappa shape index (κ3) is 2.83. The van der Waals surface area contributed by atoms with Gasteiger partial charge in [0.05, 0.1) is 16.6 Å². The number of nitro groups is 1. The molecule has 0 amide bonds. The van der Waals surface area contributed by atoms with Crippen LogP contribution in [0.3, 0.4) is 0 Å². The minimum absolute atomic E-state index is 0.0506. The number of aryl methyl sites for hydroxylation is 2. The van der Waals surface area contributed by atoms with Crippen LogP contribution in [0.1, 0.15) is 21.5 Å². The summed E-state index contributed by atoms with van der Waals surface area (Å²) in [7, 11) is 0. The molecule has 5 nitrogen and oxygen atoms in total. The van der Waals surface area contributed by atoms with Crippen LogP contribution in [0, 0.1) is 24.0 Å². The Labute approximate surface area is 116 Å². The van der Waals surface area contributed by atoms with Gasteiger partial charge in [-0.3, -0.25) is 14.9 Å². The van der Waals surface area contributed by atoms with E-state index in [2.05, 4.69) is 0 Å². The number of aldehydes is 1. The molecule has 0 aliphatic carbocycles. The topological polar surface area (TPSA) is 69.4 Å². The lowest BCUT2D eigenvalue weighted by atomic mass is 10.1. The maximum absolute atomic E-state index is 11.0. The molecule has 102 valence electrons. The van der Waals surface area contributed by atoms with Crippen molar-refractivity contribution in [1.29, 1.82) is 0 Å². The van der Waals surface area contributed by atoms with Gasteiger partial charge < -0.3 is 4.74 Å². The minimum Gasteiger partial charge on any atom is -0.456 e. The molecule has 0 saturated carbocycles. The zero-order valence-electron chi connectivity index (χ0n) is 11.1. The van der Waals surface area contributed by atoms with Crippen molar-refractivity contribution >= 4 is 12.0 Å². The van der Waals surface area contributed by atoms with E-state index in [4.69, 9.17) is 4.74 Å². The Morgan fingerprint density at radius 2 is 1.85 bits per heavy atom. The maximum Gasteiger partial charge on any atom is 0.273 e. The van der Waals surface area contributed by atoms with E-state index in [1.54, 1.807) is 25.1 Å². The largest absolute Gasteiger partial charge is 0.456 e. The van der Waals surface area contributed by atoms with Crippen molar-refractivity contribution in [2.45, 2.75) is 13.8 Å². The van der Waals surface area contributed by atoms with Crippen molar-refractivity contribution in [2.75, 3.05) is 0 Å². The fraction of sp³-hybridized carbons (Fsp3) is 0.133. The van der Waals surface area contributed by atoms with Crippen molar-refractivity contribution in [3.05, 3.63) is 63.2 Å². The molecular weight excluding hydrogens is 258 g/mol. The minimum atomic E-state index is -0.484. The second kappa shape index (κ2) is 5.52. The molecule has 0 bridgehead atoms. The Kier molecular flexibility index (Phi) is 3.79. The summed E-state index contributed by atoms with van der Waals surface area (Å²) in [5, 5.41) is 10.8. The lowest BCUT2D eigenvalue weighted by molar-refractivity contribution is -0.384. The van der Waals surface area contributed by atoms with Gasteiger partial charge in [-0.05, 0) is 37.6 Å². The Morgan fingerprint density at radius 1 is 1.10 bits per heavy atom. The van der Waals surface area contributed by atoms with E-state index in [0.29, 0.717) is 23.3 Å². The Balaban J connectivity index is 2.41. The number of non-ortho nitro benzene ring substituents is 1. The maximum atomic E-state index is 11.0. The smallest absolute Gasteiger partial charge is 0.273 e. The molecule has 0 atom stereocenters. The molecule has 0 fully saturated rings. The summed E-state index contributed by atoms with van der Waals surface area (Å²) in [6.07, 6.45) is 0.703. The van der Waals surface area contributed by atoms with Crippen LogP contribution >= 0.6 is 0 Å². The summed E-state index contributed by atoms with van der Waals surface area (Å²) in [4.78, 5) is 21.3. The highest BCUT2D eigenvalue weighted by molar-refractivity contribution is 5.80. The average molecular weight is 271 g/mol. The lowest BCUT2D eigenvalue weighted by Gasteiger charge is -2.10. The molecule has 0 heterocycles. The fourth-order valence-corrected chi connectivity index (χ4v) is 1.78. The number of nitrogens with zero attached hydrogens (tertiary/aromatic N) is 1. The van der Waals surface area contributed by atoms with Crippen LogP contribution in [0.15, 0.2) is 36.4 Å². The van der Waals surface area contributed by atoms with E-state index in [1.807, 2.05) is 13.0 Å². The molecule has 0 N–H and O–H groups in total. The first-order valence-electron chi connectivity index (χ1n) is 6.00. The number of hydrogen-bond acceptors (Lipinski definition) is 4. The van der Waals surface area contributed by atoms with Gasteiger partial charge in [0.1, 0.15) is 11.5 Å². The molecule has 0 radical (unpaired) electrons. The van der Waals surface area contributed by atoms with Crippen molar-refractivity contribution in [3.63, 3.8) is 0 Å². The molecule has 0 saturated heterocycles. The molecule has 2 aromatic carbocycles. The van der Waals surface area contributed by atoms with E-state index < -0.39 is 4.92 Å². The second-order valence-electron chi connectivity index (χ2n) is 4.47. The normalized spacial score (nSPS) is 10.1. The highest BCUT2D eigenvalue weighted by atomic mass is 16.6. The molecule has 20 heavy (non-hydrogen) atoms. The second-order valence-corrected chi connectivity index (χ2v) is 4.47. The Bertz CT molecular complexity index is 680. The first-order valence-corrected chi connectivity index (χ1v) is 6.00. The summed E-state index contributed by atoms with van der Waals surface area (Å²) < 4.78 is 5.64. The average Bonchev–Trinajstić information content (AvgIpc) is 2.42. The molecule has 0 spiro atoms. The molecule has 2 aromatic rings. The summed E-state index contributed by atoms with van der Waals surface area (Å²) >= 11 is 0. The monoisotopic (exact) mass is 271 g/mol. The zero-order valence-corrected chi connectivity index (χ0v) is 11.1. The summed E-state index contributed by atoms with van der Waals surface area (Å²) in [6.45, 7) is 3.66. The third-order valence-corrected chi connectivity index (χ3v) is 2.89. The van der Waals surface area contributed by atoms with Crippen molar-refractivity contribution in [1.82, 2.24) is 0 Å². The highest BCUT2D eigenvalue weighted by Gasteiger charge is 2.12. The molecule has 0 aliphatic rings. The van der Waals surface area contributed by atoms with Gasteiger partial charge in [-0.15, -0.1) is 0 Å². The number of carbonyl (C=O) groups excluding carboxylic acids is 1. The third-order valence-electron chi connectivity index (χ3n) is 2.89. The number of benzene rings is 2. The van der Waals surface area contributed by atoms with Gasteiger partial charge in [0.15, 0.2) is 6.29 Å². The van der Waals surface area contributed by atoms with Gasteiger partial charge in [0, 0.05) is 6.07 Å². The quantitative estimate of drug-likeness (QED) is 0.481. The van der Waals surface area contributed by atoms with Crippen LogP contribution in [-0.4, -0.2) is 11.2 Å². The predicted octanol–water partition coefficient (Wildman–Crippen LogP) is 3.82. The Morgan fingerprint density at radius 3 is 2.50 bits per heavy atom. The fourth-order valence-electron chi connectivity index (χ4n) is 1.78. The number of ether oxygens (including phenoxy) is 1. The first kappa shape index (κ1) is 13.7. The molecule has 5 heteroatoms. The van der Waals surface area contributed by atoms with Gasteiger partial charge in [0.2, 0.25) is 0 Å². The van der Waals surface area contributed by atoms with Crippen LogP contribution < -0.4 is 4.74 Å². The molecule has 0 unspecified atom stereocenters. The van der Waals surface area contributed by atoms with Crippen LogP contribution in [0.5, 0.6) is 11.5 Å². The highest BCUT2D eigenvalue weighted by Crippen LogP contribution is 2.30. The van der Waals surface area contributed by atoms with Crippen molar-refractivity contribution in [3.8, 4) is 11.5 Å². The van der Waals surface area contributed by atoms with Crippen LogP contribution in [-0.2, 0) is 0 Å². The Hall–Kier alpha value is -2.69. The number of carbonyl (C=O) groups is 1. The van der Waals surface area contributed by atoms with Gasteiger partial charge >= 0.3 is 0 Å². The number of hydrogen-bond donors (Lipinski definition) is 0. The van der Waals surface area contributed by atoms with E-state index >= 15 is 0 Å². The number of nitro benzene ring substituents is 1. The van der Waals surface area contributed by atoms with Gasteiger partial charge in [-0.2, -0.15) is 0 Å². The van der Waals surface area contributed by atoms with Crippen LogP contribution in [0.4, 0.5) is 5.69 Å². The molecule has 0 aliphatic heterocycles. The standard InChI is InChI=1S/C15H13NO4/c1-10-3-6-14(12(7-10)9-17)20-15-8-13(16(18)19)5-4-11(15)2/h3-9H,1-2H3. The lowest BCUT2D eigenvalue weighted by Crippen LogP contribution is -1.95. The van der Waals surface area contributed by atoms with E-state index in [0.717, 1.165) is 11.1 Å². The SMILES string of the molecule is Cc1ccc(Oc2cc([N+](=O)[O-])ccc2C)c(C=O)c1. The summed E-state index contributed by atoms with van der Waals surface area (Å²) in [5.41, 5.74) is 2.06. The summed E-state index contributed by atoms with van der Waals surface area (Å²) in [5.74, 6) is 0.750. The molecule has 2 rings (SSSR count). The van der Waals surface area contributed by atoms with Crippen LogP contribution in [0.2, 0.25) is 0 Å². The van der Waals surface area contributed by atoms with Crippen molar-refractivity contribution < 1.29 is 14.5 Å². The van der Waals surface area contributed by atoms with Gasteiger partial charge in [-0.1, -0.05) is 11.6 Å². The number of rotatable bonds is 4. The van der Waals surface area contributed by atoms with Gasteiger partial charge in [0.25, 0.3) is 5.69 Å². The molecule has 0 aromatic heterocycles. The summed E-state index contributed by atoms with van der Waals surface area (Å²) in [6, 6.07) is 9.57. The van der Waals surface area contributed by atoms with Gasteiger partial charge in [-0.25, -0.2) is 0 Å².